The number of hydrogen-bond acceptors (Lipinski definition) is 8. The van der Waals surface area contributed by atoms with E-state index in [0.717, 1.165) is 51.1 Å². The van der Waals surface area contributed by atoms with Gasteiger partial charge in [0.25, 0.3) is 0 Å². The molecule has 17 heteroatoms. The van der Waals surface area contributed by atoms with E-state index in [4.69, 9.17) is 29.3 Å². The second-order valence-corrected chi connectivity index (χ2v) is 8.52. The van der Waals surface area contributed by atoms with Crippen LogP contribution in [0.5, 0.6) is 5.75 Å². The number of aromatic nitrogens is 3. The van der Waals surface area contributed by atoms with Crippen LogP contribution in [0.2, 0.25) is 0 Å². The minimum atomic E-state index is -5.08. The fourth-order valence-corrected chi connectivity index (χ4v) is 4.05. The normalized spacial score (nSPS) is 18.2. The van der Waals surface area contributed by atoms with E-state index in [1.807, 2.05) is 12.1 Å². The number of nitrogens with zero attached hydrogens (tertiary/aromatic N) is 4. The van der Waals surface area contributed by atoms with Gasteiger partial charge in [-0.3, -0.25) is 4.98 Å². The fraction of sp³-hybridized carbons (Fsp3) is 0.522. The lowest BCUT2D eigenvalue weighted by Crippen LogP contribution is -2.48. The zero-order valence-electron chi connectivity index (χ0n) is 20.7. The van der Waals surface area contributed by atoms with Crippen molar-refractivity contribution in [2.75, 3.05) is 31.2 Å². The van der Waals surface area contributed by atoms with Crippen LogP contribution in [0.1, 0.15) is 25.7 Å². The lowest BCUT2D eigenvalue weighted by molar-refractivity contribution is -0.193. The topological polar surface area (TPSA) is 135 Å². The van der Waals surface area contributed by atoms with E-state index in [-0.39, 0.29) is 5.60 Å². The van der Waals surface area contributed by atoms with Gasteiger partial charge in [-0.1, -0.05) is 0 Å². The van der Waals surface area contributed by atoms with Gasteiger partial charge < -0.3 is 24.6 Å². The predicted octanol–water partition coefficient (Wildman–Crippen LogP) is 4.12. The van der Waals surface area contributed by atoms with E-state index in [1.54, 1.807) is 12.4 Å². The Hall–Kier alpha value is -3.76. The van der Waals surface area contributed by atoms with Gasteiger partial charge in [0.2, 0.25) is 5.95 Å². The number of aliphatic carboxylic acids is 2. The highest BCUT2D eigenvalue weighted by molar-refractivity contribution is 5.73. The zero-order valence-corrected chi connectivity index (χ0v) is 20.7. The van der Waals surface area contributed by atoms with Crippen molar-refractivity contribution in [3.05, 3.63) is 42.7 Å². The molecule has 0 saturated carbocycles. The summed E-state index contributed by atoms with van der Waals surface area (Å²) in [7, 11) is 0. The molecule has 2 aliphatic heterocycles. The van der Waals surface area contributed by atoms with Gasteiger partial charge in [0.15, 0.2) is 5.82 Å². The second kappa shape index (κ2) is 14.0. The summed E-state index contributed by atoms with van der Waals surface area (Å²) in [4.78, 5) is 32.2. The Kier molecular flexibility index (Phi) is 11.4. The third kappa shape index (κ3) is 10.1. The first-order valence-electron chi connectivity index (χ1n) is 11.6. The molecule has 40 heavy (non-hydrogen) atoms. The Bertz CT molecular complexity index is 1060. The standard InChI is InChI=1S/C19H23FN4O2.2C2HF3O2/c20-16-12-22-18(23-13-16)24-8-5-19(6-9-24)15(4-11-26-19)3-10-25-17-2-1-7-21-14-17;2*3-2(4,5)1(6)7/h1-2,7,12-15H,3-6,8-11H2;2*(H,6,7). The van der Waals surface area contributed by atoms with Crippen molar-refractivity contribution >= 4 is 17.9 Å². The summed E-state index contributed by atoms with van der Waals surface area (Å²) in [6.45, 7) is 3.13. The van der Waals surface area contributed by atoms with E-state index in [9.17, 15) is 30.7 Å². The Morgan fingerprint density at radius 3 is 2.05 bits per heavy atom. The molecular weight excluding hydrogens is 561 g/mol. The average molecular weight is 586 g/mol. The maximum absolute atomic E-state index is 13.0. The molecular formula is C23H25F7N4O6. The second-order valence-electron chi connectivity index (χ2n) is 8.52. The maximum atomic E-state index is 13.0. The van der Waals surface area contributed by atoms with E-state index in [2.05, 4.69) is 19.9 Å². The minimum Gasteiger partial charge on any atom is -0.492 e. The summed E-state index contributed by atoms with van der Waals surface area (Å²) in [6, 6.07) is 3.80. The quantitative estimate of drug-likeness (QED) is 0.493. The third-order valence-corrected chi connectivity index (χ3v) is 5.95. The molecule has 4 heterocycles. The smallest absolute Gasteiger partial charge is 0.490 e. The van der Waals surface area contributed by atoms with Crippen LogP contribution < -0.4 is 9.64 Å². The molecule has 0 aliphatic carbocycles. The van der Waals surface area contributed by atoms with E-state index < -0.39 is 30.1 Å². The van der Waals surface area contributed by atoms with Gasteiger partial charge in [0, 0.05) is 25.9 Å². The van der Waals surface area contributed by atoms with Gasteiger partial charge in [0.05, 0.1) is 30.8 Å². The SMILES string of the molecule is Fc1cnc(N2CCC3(CC2)OCCC3CCOc2cccnc2)nc1.O=C(O)C(F)(F)F.O=C(O)C(F)(F)F. The highest BCUT2D eigenvalue weighted by atomic mass is 19.4. The minimum absolute atomic E-state index is 0.0746. The van der Waals surface area contributed by atoms with Gasteiger partial charge in [-0.05, 0) is 43.7 Å². The molecule has 2 aromatic rings. The Morgan fingerprint density at radius 1 is 1.02 bits per heavy atom. The van der Waals surface area contributed by atoms with E-state index in [0.29, 0.717) is 18.5 Å². The van der Waals surface area contributed by atoms with Crippen LogP contribution in [-0.4, -0.2) is 81.4 Å². The summed E-state index contributed by atoms with van der Waals surface area (Å²) in [6.07, 6.45) is -0.329. The molecule has 1 atom stereocenters. The first kappa shape index (κ1) is 32.5. The van der Waals surface area contributed by atoms with Gasteiger partial charge in [-0.25, -0.2) is 23.9 Å². The van der Waals surface area contributed by atoms with Crippen LogP contribution in [0.3, 0.4) is 0 Å². The molecule has 2 aliphatic rings. The monoisotopic (exact) mass is 586 g/mol. The lowest BCUT2D eigenvalue weighted by atomic mass is 9.78. The predicted molar refractivity (Wildman–Crippen MR) is 122 cm³/mol. The summed E-state index contributed by atoms with van der Waals surface area (Å²) in [5.74, 6) is -4.02. The summed E-state index contributed by atoms with van der Waals surface area (Å²) in [5, 5.41) is 14.2. The molecule has 2 saturated heterocycles. The molecule has 0 radical (unpaired) electrons. The number of alkyl halides is 6. The molecule has 10 nitrogen and oxygen atoms in total. The number of ether oxygens (including phenoxy) is 2. The van der Waals surface area contributed by atoms with Crippen LogP contribution in [0.25, 0.3) is 0 Å². The van der Waals surface area contributed by atoms with E-state index >= 15 is 0 Å². The van der Waals surface area contributed by atoms with Crippen molar-refractivity contribution < 1.29 is 60.0 Å². The molecule has 2 aromatic heterocycles. The summed E-state index contributed by atoms with van der Waals surface area (Å²) < 4.78 is 88.5. The van der Waals surface area contributed by atoms with Crippen molar-refractivity contribution in [2.24, 2.45) is 5.92 Å². The van der Waals surface area contributed by atoms with E-state index in [1.165, 1.54) is 12.4 Å². The third-order valence-electron chi connectivity index (χ3n) is 5.95. The molecule has 1 spiro atoms. The van der Waals surface area contributed by atoms with Crippen molar-refractivity contribution in [3.8, 4) is 5.75 Å². The number of hydrogen-bond donors (Lipinski definition) is 2. The molecule has 2 N–H and O–H groups in total. The summed E-state index contributed by atoms with van der Waals surface area (Å²) in [5.41, 5.74) is -0.0746. The van der Waals surface area contributed by atoms with Gasteiger partial charge >= 0.3 is 24.3 Å². The first-order valence-corrected chi connectivity index (χ1v) is 11.6. The number of carboxylic acids is 2. The Morgan fingerprint density at radius 2 is 1.57 bits per heavy atom. The molecule has 222 valence electrons. The van der Waals surface area contributed by atoms with Crippen molar-refractivity contribution in [2.45, 2.75) is 43.6 Å². The van der Waals surface area contributed by atoms with Crippen molar-refractivity contribution in [1.82, 2.24) is 15.0 Å². The number of piperidine rings is 1. The number of carboxylic acid groups (broad SMARTS) is 2. The van der Waals surface area contributed by atoms with Crippen LogP contribution in [-0.2, 0) is 14.3 Å². The molecule has 2 fully saturated rings. The number of halogens is 7. The van der Waals surface area contributed by atoms with Crippen molar-refractivity contribution in [1.29, 1.82) is 0 Å². The van der Waals surface area contributed by atoms with Crippen LogP contribution in [0.15, 0.2) is 36.9 Å². The van der Waals surface area contributed by atoms with Gasteiger partial charge in [-0.2, -0.15) is 26.3 Å². The first-order chi connectivity index (χ1) is 18.6. The fourth-order valence-electron chi connectivity index (χ4n) is 4.05. The number of pyridine rings is 1. The highest BCUT2D eigenvalue weighted by Gasteiger charge is 2.46. The Labute approximate surface area is 222 Å². The molecule has 4 rings (SSSR count). The molecule has 0 aromatic carbocycles. The van der Waals surface area contributed by atoms with Crippen LogP contribution >= 0.6 is 0 Å². The van der Waals surface area contributed by atoms with Crippen LogP contribution in [0.4, 0.5) is 36.7 Å². The largest absolute Gasteiger partial charge is 0.492 e. The number of anilines is 1. The molecule has 0 bridgehead atoms. The van der Waals surface area contributed by atoms with Gasteiger partial charge in [0.1, 0.15) is 5.75 Å². The van der Waals surface area contributed by atoms with Gasteiger partial charge in [-0.15, -0.1) is 0 Å². The summed E-state index contributed by atoms with van der Waals surface area (Å²) >= 11 is 0. The van der Waals surface area contributed by atoms with Crippen molar-refractivity contribution in [3.63, 3.8) is 0 Å². The average Bonchev–Trinajstić information content (AvgIpc) is 3.27. The number of carbonyl (C=O) groups is 2. The maximum Gasteiger partial charge on any atom is 0.490 e. The molecule has 0 amide bonds. The highest BCUT2D eigenvalue weighted by Crippen LogP contribution is 2.42. The Balaban J connectivity index is 0.000000333. The molecule has 1 unspecified atom stereocenters. The number of rotatable bonds is 5. The zero-order chi connectivity index (χ0) is 30.0. The lowest BCUT2D eigenvalue weighted by Gasteiger charge is -2.42. The van der Waals surface area contributed by atoms with Crippen LogP contribution in [0, 0.1) is 11.7 Å².